The highest BCUT2D eigenvalue weighted by molar-refractivity contribution is 9.10. The molecule has 0 spiro atoms. The first kappa shape index (κ1) is 28.1. The first-order chi connectivity index (χ1) is 18.4. The molecule has 0 aromatic heterocycles. The van der Waals surface area contributed by atoms with Gasteiger partial charge in [-0.2, -0.15) is 0 Å². The number of carbonyl (C=O) groups is 3. The van der Waals surface area contributed by atoms with Crippen LogP contribution in [-0.4, -0.2) is 40.5 Å². The molecule has 2 aromatic carbocycles. The van der Waals surface area contributed by atoms with Crippen LogP contribution in [0, 0.1) is 11.8 Å². The van der Waals surface area contributed by atoms with E-state index >= 15 is 0 Å². The zero-order valence-electron chi connectivity index (χ0n) is 21.8. The van der Waals surface area contributed by atoms with Gasteiger partial charge in [-0.05, 0) is 73.4 Å². The summed E-state index contributed by atoms with van der Waals surface area (Å²) in [5.41, 5.74) is 2.17. The number of nitrogens with one attached hydrogen (secondary N) is 2. The predicted molar refractivity (Wildman–Crippen MR) is 152 cm³/mol. The van der Waals surface area contributed by atoms with Crippen LogP contribution < -0.4 is 10.6 Å². The summed E-state index contributed by atoms with van der Waals surface area (Å²) >= 11 is 3.48. The van der Waals surface area contributed by atoms with Crippen molar-refractivity contribution in [1.29, 1.82) is 0 Å². The minimum atomic E-state index is -0.949. The van der Waals surface area contributed by atoms with Gasteiger partial charge >= 0.3 is 12.0 Å². The van der Waals surface area contributed by atoms with Gasteiger partial charge in [0, 0.05) is 34.9 Å². The molecule has 4 rings (SSSR count). The number of hydrogen-bond donors (Lipinski definition) is 3. The second-order valence-corrected chi connectivity index (χ2v) is 11.5. The molecular weight excluding hydrogens is 546 g/mol. The molecule has 0 aliphatic heterocycles. The zero-order valence-corrected chi connectivity index (χ0v) is 23.4. The van der Waals surface area contributed by atoms with Gasteiger partial charge in [-0.25, -0.2) is 4.79 Å². The van der Waals surface area contributed by atoms with E-state index in [1.165, 1.54) is 44.9 Å². The van der Waals surface area contributed by atoms with Crippen molar-refractivity contribution in [2.24, 2.45) is 11.8 Å². The molecule has 204 valence electrons. The number of anilines is 1. The number of carboxylic acids is 1. The molecule has 38 heavy (non-hydrogen) atoms. The molecule has 2 aromatic rings. The van der Waals surface area contributed by atoms with Gasteiger partial charge < -0.3 is 20.6 Å². The van der Waals surface area contributed by atoms with Gasteiger partial charge in [0.05, 0.1) is 6.42 Å². The Hall–Kier alpha value is -2.87. The van der Waals surface area contributed by atoms with E-state index in [4.69, 9.17) is 5.11 Å². The van der Waals surface area contributed by atoms with Crippen molar-refractivity contribution in [1.82, 2.24) is 10.2 Å². The van der Waals surface area contributed by atoms with Crippen LogP contribution in [0.4, 0.5) is 10.5 Å². The van der Waals surface area contributed by atoms with E-state index < -0.39 is 5.97 Å². The highest BCUT2D eigenvalue weighted by atomic mass is 79.9. The number of nitrogens with zero attached hydrogens (tertiary/aromatic N) is 1. The third-order valence-electron chi connectivity index (χ3n) is 8.03. The van der Waals surface area contributed by atoms with E-state index in [1.54, 1.807) is 12.1 Å². The van der Waals surface area contributed by atoms with E-state index in [-0.39, 0.29) is 30.9 Å². The first-order valence-corrected chi connectivity index (χ1v) is 14.6. The van der Waals surface area contributed by atoms with Crippen LogP contribution in [-0.2, 0) is 11.3 Å². The SMILES string of the molecule is O=C(O)CCNC(=O)c1ccc(CN(C(=O)Nc2cccc(Br)c2)C2CCC(C3CCCCC3)CC2)cc1. The number of hydrogen-bond acceptors (Lipinski definition) is 3. The van der Waals surface area contributed by atoms with Crippen molar-refractivity contribution in [2.45, 2.75) is 76.8 Å². The Labute approximate surface area is 233 Å². The van der Waals surface area contributed by atoms with Crippen molar-refractivity contribution in [3.63, 3.8) is 0 Å². The monoisotopic (exact) mass is 583 g/mol. The minimum absolute atomic E-state index is 0.0863. The number of carbonyl (C=O) groups excluding carboxylic acids is 2. The van der Waals surface area contributed by atoms with Crippen molar-refractivity contribution in [3.05, 3.63) is 64.1 Å². The molecular formula is C30H38BrN3O4. The maximum Gasteiger partial charge on any atom is 0.322 e. The molecule has 2 saturated carbocycles. The largest absolute Gasteiger partial charge is 0.481 e. The van der Waals surface area contributed by atoms with Crippen LogP contribution in [0.2, 0.25) is 0 Å². The number of urea groups is 1. The molecule has 2 fully saturated rings. The van der Waals surface area contributed by atoms with Gasteiger partial charge in [-0.1, -0.05) is 66.2 Å². The third kappa shape index (κ3) is 8.06. The summed E-state index contributed by atoms with van der Waals surface area (Å²) < 4.78 is 0.909. The summed E-state index contributed by atoms with van der Waals surface area (Å²) in [6.45, 7) is 0.544. The Balaban J connectivity index is 1.42. The van der Waals surface area contributed by atoms with Gasteiger partial charge in [0.25, 0.3) is 5.91 Å². The van der Waals surface area contributed by atoms with E-state index in [9.17, 15) is 14.4 Å². The molecule has 0 unspecified atom stereocenters. The van der Waals surface area contributed by atoms with Crippen LogP contribution in [0.3, 0.4) is 0 Å². The fraction of sp³-hybridized carbons (Fsp3) is 0.500. The lowest BCUT2D eigenvalue weighted by Crippen LogP contribution is -2.44. The van der Waals surface area contributed by atoms with Gasteiger partial charge in [0.15, 0.2) is 0 Å². The van der Waals surface area contributed by atoms with Crippen molar-refractivity contribution in [3.8, 4) is 0 Å². The lowest BCUT2D eigenvalue weighted by molar-refractivity contribution is -0.136. The number of benzene rings is 2. The molecule has 7 nitrogen and oxygen atoms in total. The van der Waals surface area contributed by atoms with E-state index in [0.717, 1.165) is 40.4 Å². The molecule has 0 atom stereocenters. The van der Waals surface area contributed by atoms with Crippen molar-refractivity contribution < 1.29 is 19.5 Å². The van der Waals surface area contributed by atoms with Crippen molar-refractivity contribution in [2.75, 3.05) is 11.9 Å². The Bertz CT molecular complexity index is 1090. The minimum Gasteiger partial charge on any atom is -0.481 e. The van der Waals surface area contributed by atoms with Crippen LogP contribution in [0.15, 0.2) is 53.0 Å². The van der Waals surface area contributed by atoms with Crippen LogP contribution in [0.25, 0.3) is 0 Å². The molecule has 3 N–H and O–H groups in total. The average Bonchev–Trinajstić information content (AvgIpc) is 2.92. The summed E-state index contributed by atoms with van der Waals surface area (Å²) in [5.74, 6) is 0.376. The van der Waals surface area contributed by atoms with Gasteiger partial charge in [0.2, 0.25) is 0 Å². The standard InChI is InChI=1S/C30H38BrN3O4/c31-25-7-4-8-26(19-25)33-30(38)34(27-15-13-23(14-16-27)22-5-2-1-3-6-22)20-21-9-11-24(12-10-21)29(37)32-18-17-28(35)36/h4,7-12,19,22-23,27H,1-3,5-6,13-18,20H2,(H,32,37)(H,33,38)(H,35,36). The van der Waals surface area contributed by atoms with Gasteiger partial charge in [0.1, 0.15) is 0 Å². The van der Waals surface area contributed by atoms with E-state index in [2.05, 4.69) is 26.6 Å². The lowest BCUT2D eigenvalue weighted by atomic mass is 9.72. The fourth-order valence-electron chi connectivity index (χ4n) is 5.96. The molecule has 0 saturated heterocycles. The van der Waals surface area contributed by atoms with Crippen molar-refractivity contribution >= 4 is 39.5 Å². The predicted octanol–water partition coefficient (Wildman–Crippen LogP) is 6.83. The molecule has 8 heteroatoms. The maximum atomic E-state index is 13.5. The highest BCUT2D eigenvalue weighted by Crippen LogP contribution is 2.39. The average molecular weight is 585 g/mol. The first-order valence-electron chi connectivity index (χ1n) is 13.8. The molecule has 0 heterocycles. The van der Waals surface area contributed by atoms with Crippen LogP contribution in [0.1, 0.15) is 80.1 Å². The summed E-state index contributed by atoms with van der Waals surface area (Å²) in [6.07, 6.45) is 11.1. The van der Waals surface area contributed by atoms with E-state index in [1.807, 2.05) is 41.3 Å². The third-order valence-corrected chi connectivity index (χ3v) is 8.52. The smallest absolute Gasteiger partial charge is 0.322 e. The topological polar surface area (TPSA) is 98.7 Å². The summed E-state index contributed by atoms with van der Waals surface area (Å²) in [7, 11) is 0. The fourth-order valence-corrected chi connectivity index (χ4v) is 6.36. The number of halogens is 1. The molecule has 3 amide bonds. The molecule has 0 radical (unpaired) electrons. The number of carboxylic acid groups (broad SMARTS) is 1. The summed E-state index contributed by atoms with van der Waals surface area (Å²) in [4.78, 5) is 38.5. The Morgan fingerprint density at radius 2 is 1.58 bits per heavy atom. The highest BCUT2D eigenvalue weighted by Gasteiger charge is 2.33. The maximum absolute atomic E-state index is 13.5. The normalized spacial score (nSPS) is 19.9. The van der Waals surface area contributed by atoms with Crippen LogP contribution >= 0.6 is 15.9 Å². The number of aliphatic carboxylic acids is 1. The van der Waals surface area contributed by atoms with E-state index in [0.29, 0.717) is 12.1 Å². The number of rotatable bonds is 9. The molecule has 0 bridgehead atoms. The van der Waals surface area contributed by atoms with Gasteiger partial charge in [-0.15, -0.1) is 0 Å². The Kier molecular flexibility index (Phi) is 10.2. The molecule has 2 aliphatic carbocycles. The second-order valence-electron chi connectivity index (χ2n) is 10.6. The molecule has 2 aliphatic rings. The van der Waals surface area contributed by atoms with Gasteiger partial charge in [-0.3, -0.25) is 9.59 Å². The second kappa shape index (κ2) is 13.8. The lowest BCUT2D eigenvalue weighted by Gasteiger charge is -2.40. The number of amides is 3. The summed E-state index contributed by atoms with van der Waals surface area (Å²) in [6, 6.07) is 14.9. The zero-order chi connectivity index (χ0) is 26.9. The Morgan fingerprint density at radius 3 is 2.24 bits per heavy atom. The van der Waals surface area contributed by atoms with Crippen LogP contribution in [0.5, 0.6) is 0 Å². The quantitative estimate of drug-likeness (QED) is 0.301. The Morgan fingerprint density at radius 1 is 0.895 bits per heavy atom. The summed E-state index contributed by atoms with van der Waals surface area (Å²) in [5, 5.41) is 14.5.